The predicted molar refractivity (Wildman–Crippen MR) is 91.0 cm³/mol. The van der Waals surface area contributed by atoms with Gasteiger partial charge in [0.25, 0.3) is 5.56 Å². The molecule has 7 heteroatoms. The number of aromatic nitrogens is 2. The number of likely N-dealkylation sites (N-methyl/N-ethyl adjacent to an activating group) is 1. The van der Waals surface area contributed by atoms with Crippen LogP contribution in [0, 0.1) is 13.8 Å². The topological polar surface area (TPSA) is 58.4 Å². The van der Waals surface area contributed by atoms with Crippen LogP contribution >= 0.6 is 11.8 Å². The zero-order valence-electron chi connectivity index (χ0n) is 14.0. The minimum atomic E-state index is -0.0639. The van der Waals surface area contributed by atoms with Crippen molar-refractivity contribution in [3.8, 4) is 0 Å². The highest BCUT2D eigenvalue weighted by molar-refractivity contribution is 7.99. The zero-order chi connectivity index (χ0) is 16.6. The number of carbonyl (C=O) groups excluding carboxylic acids is 1. The quantitative estimate of drug-likeness (QED) is 0.773. The van der Waals surface area contributed by atoms with Crippen LogP contribution in [-0.2, 0) is 4.79 Å². The predicted octanol–water partition coefficient (Wildman–Crippen LogP) is 1.06. The van der Waals surface area contributed by atoms with Crippen molar-refractivity contribution in [2.75, 3.05) is 38.5 Å². The van der Waals surface area contributed by atoms with Gasteiger partial charge in [-0.2, -0.15) is 0 Å². The van der Waals surface area contributed by atoms with Crippen molar-refractivity contribution >= 4 is 17.7 Å². The van der Waals surface area contributed by atoms with Crippen molar-refractivity contribution in [2.45, 2.75) is 38.4 Å². The van der Waals surface area contributed by atoms with Gasteiger partial charge in [-0.15, -0.1) is 0 Å². The number of nitrogens with zero attached hydrogens (tertiary/aromatic N) is 4. The second-order valence-corrected chi connectivity index (χ2v) is 7.25. The summed E-state index contributed by atoms with van der Waals surface area (Å²) in [5.74, 6) is 0.913. The molecule has 1 fully saturated rings. The van der Waals surface area contributed by atoms with Crippen LogP contribution in [-0.4, -0.2) is 63.7 Å². The van der Waals surface area contributed by atoms with Gasteiger partial charge in [0.2, 0.25) is 5.91 Å². The van der Waals surface area contributed by atoms with Crippen LogP contribution in [0.4, 0.5) is 0 Å². The standard InChI is InChI=1S/C16H24N4O2S/c1-4-18-5-7-19(8-6-18)14(21)9-13-10-23-16-17-12(3)11(2)15(22)20(13)16/h13H,4-10H2,1-3H3/t13-/m0/s1. The van der Waals surface area contributed by atoms with Gasteiger partial charge in [0.1, 0.15) is 0 Å². The number of hydrogen-bond donors (Lipinski definition) is 0. The van der Waals surface area contributed by atoms with Crippen LogP contribution in [0.2, 0.25) is 0 Å². The molecule has 0 N–H and O–H groups in total. The lowest BCUT2D eigenvalue weighted by Crippen LogP contribution is -2.49. The Balaban J connectivity index is 1.71. The van der Waals surface area contributed by atoms with E-state index in [1.807, 2.05) is 18.7 Å². The summed E-state index contributed by atoms with van der Waals surface area (Å²) >= 11 is 1.58. The first kappa shape index (κ1) is 16.5. The first-order valence-electron chi connectivity index (χ1n) is 8.24. The van der Waals surface area contributed by atoms with Crippen LogP contribution in [0.3, 0.4) is 0 Å². The fourth-order valence-corrected chi connectivity index (χ4v) is 4.35. The summed E-state index contributed by atoms with van der Waals surface area (Å²) in [6, 6.07) is -0.0639. The van der Waals surface area contributed by atoms with E-state index in [0.717, 1.165) is 49.3 Å². The molecule has 3 rings (SSSR count). The van der Waals surface area contributed by atoms with Gasteiger partial charge in [0.15, 0.2) is 5.16 Å². The van der Waals surface area contributed by atoms with E-state index in [4.69, 9.17) is 0 Å². The Morgan fingerprint density at radius 2 is 1.96 bits per heavy atom. The number of carbonyl (C=O) groups is 1. The maximum absolute atomic E-state index is 12.6. The summed E-state index contributed by atoms with van der Waals surface area (Å²) in [6.45, 7) is 10.3. The fourth-order valence-electron chi connectivity index (χ4n) is 3.17. The van der Waals surface area contributed by atoms with E-state index in [-0.39, 0.29) is 17.5 Å². The molecule has 3 heterocycles. The van der Waals surface area contributed by atoms with Gasteiger partial charge >= 0.3 is 0 Å². The second kappa shape index (κ2) is 6.65. The molecule has 126 valence electrons. The monoisotopic (exact) mass is 336 g/mol. The fraction of sp³-hybridized carbons (Fsp3) is 0.688. The van der Waals surface area contributed by atoms with Gasteiger partial charge in [-0.05, 0) is 20.4 Å². The van der Waals surface area contributed by atoms with Crippen molar-refractivity contribution < 1.29 is 4.79 Å². The second-order valence-electron chi connectivity index (χ2n) is 6.26. The molecule has 0 unspecified atom stereocenters. The molecule has 0 saturated carbocycles. The molecule has 2 aliphatic heterocycles. The summed E-state index contributed by atoms with van der Waals surface area (Å²) in [5.41, 5.74) is 1.48. The van der Waals surface area contributed by atoms with Crippen LogP contribution in [0.5, 0.6) is 0 Å². The van der Waals surface area contributed by atoms with Crippen LogP contribution < -0.4 is 5.56 Å². The SMILES string of the molecule is CCN1CCN(C(=O)C[C@H]2CSc3nc(C)c(C)c(=O)n32)CC1. The lowest BCUT2D eigenvalue weighted by Gasteiger charge is -2.34. The normalized spacial score (nSPS) is 21.5. The molecule has 2 aliphatic rings. The van der Waals surface area contributed by atoms with E-state index in [2.05, 4.69) is 16.8 Å². The van der Waals surface area contributed by atoms with Crippen molar-refractivity contribution in [2.24, 2.45) is 0 Å². The van der Waals surface area contributed by atoms with E-state index >= 15 is 0 Å². The third-order valence-corrected chi connectivity index (χ3v) is 6.00. The molecule has 23 heavy (non-hydrogen) atoms. The molecule has 0 radical (unpaired) electrons. The molecule has 6 nitrogen and oxygen atoms in total. The minimum Gasteiger partial charge on any atom is -0.340 e. The number of piperazine rings is 1. The molecule has 0 aliphatic carbocycles. The highest BCUT2D eigenvalue weighted by Gasteiger charge is 2.30. The lowest BCUT2D eigenvalue weighted by molar-refractivity contribution is -0.133. The van der Waals surface area contributed by atoms with Gasteiger partial charge in [-0.1, -0.05) is 18.7 Å². The zero-order valence-corrected chi connectivity index (χ0v) is 14.9. The van der Waals surface area contributed by atoms with Crippen LogP contribution in [0.25, 0.3) is 0 Å². The van der Waals surface area contributed by atoms with E-state index in [9.17, 15) is 9.59 Å². The third kappa shape index (κ3) is 3.17. The van der Waals surface area contributed by atoms with E-state index in [0.29, 0.717) is 12.0 Å². The molecule has 0 spiro atoms. The van der Waals surface area contributed by atoms with Gasteiger partial charge in [-0.25, -0.2) is 4.98 Å². The molecule has 1 atom stereocenters. The summed E-state index contributed by atoms with van der Waals surface area (Å²) in [6.07, 6.45) is 0.399. The van der Waals surface area contributed by atoms with Gasteiger partial charge < -0.3 is 9.80 Å². The molecular weight excluding hydrogens is 312 g/mol. The molecular formula is C16H24N4O2S. The lowest BCUT2D eigenvalue weighted by atomic mass is 10.1. The highest BCUT2D eigenvalue weighted by atomic mass is 32.2. The Kier molecular flexibility index (Phi) is 4.77. The average Bonchev–Trinajstić information content (AvgIpc) is 2.95. The van der Waals surface area contributed by atoms with E-state index in [1.54, 1.807) is 16.3 Å². The maximum atomic E-state index is 12.6. The smallest absolute Gasteiger partial charge is 0.257 e. The number of hydrogen-bond acceptors (Lipinski definition) is 5. The Bertz CT molecular complexity index is 665. The summed E-state index contributed by atoms with van der Waals surface area (Å²) < 4.78 is 1.73. The molecule has 1 aromatic heterocycles. The Morgan fingerprint density at radius 1 is 1.26 bits per heavy atom. The van der Waals surface area contributed by atoms with Crippen molar-refractivity contribution in [1.82, 2.24) is 19.4 Å². The van der Waals surface area contributed by atoms with Crippen LogP contribution in [0.1, 0.15) is 30.6 Å². The Morgan fingerprint density at radius 3 is 2.61 bits per heavy atom. The van der Waals surface area contributed by atoms with Gasteiger partial charge in [-0.3, -0.25) is 14.2 Å². The Labute approximate surface area is 140 Å². The number of fused-ring (bicyclic) bond motifs is 1. The summed E-state index contributed by atoms with van der Waals surface area (Å²) in [7, 11) is 0. The van der Waals surface area contributed by atoms with Crippen LogP contribution in [0.15, 0.2) is 9.95 Å². The van der Waals surface area contributed by atoms with Gasteiger partial charge in [0, 0.05) is 49.6 Å². The third-order valence-electron chi connectivity index (χ3n) is 4.90. The minimum absolute atomic E-state index is 0.00565. The first-order valence-corrected chi connectivity index (χ1v) is 9.22. The van der Waals surface area contributed by atoms with Gasteiger partial charge in [0.05, 0.1) is 6.04 Å². The van der Waals surface area contributed by atoms with Crippen molar-refractivity contribution in [3.63, 3.8) is 0 Å². The van der Waals surface area contributed by atoms with Crippen molar-refractivity contribution in [3.05, 3.63) is 21.6 Å². The largest absolute Gasteiger partial charge is 0.340 e. The van der Waals surface area contributed by atoms with Crippen molar-refractivity contribution in [1.29, 1.82) is 0 Å². The number of amides is 1. The first-order chi connectivity index (χ1) is 11.0. The summed E-state index contributed by atoms with van der Waals surface area (Å²) in [5, 5.41) is 0.756. The van der Waals surface area contributed by atoms with E-state index in [1.165, 1.54) is 0 Å². The number of thioether (sulfide) groups is 1. The summed E-state index contributed by atoms with van der Waals surface area (Å²) in [4.78, 5) is 33.9. The molecule has 0 bridgehead atoms. The van der Waals surface area contributed by atoms with E-state index < -0.39 is 0 Å². The Hall–Kier alpha value is -1.34. The highest BCUT2D eigenvalue weighted by Crippen LogP contribution is 2.32. The molecule has 1 saturated heterocycles. The molecule has 1 aromatic rings. The average molecular weight is 336 g/mol. The number of aryl methyl sites for hydroxylation is 1. The molecule has 1 amide bonds. The molecule has 0 aromatic carbocycles. The number of rotatable bonds is 3. The maximum Gasteiger partial charge on any atom is 0.257 e.